The summed E-state index contributed by atoms with van der Waals surface area (Å²) in [7, 11) is 0. The van der Waals surface area contributed by atoms with Gasteiger partial charge in [0.25, 0.3) is 11.6 Å². The fourth-order valence-electron chi connectivity index (χ4n) is 1.68. The van der Waals surface area contributed by atoms with Gasteiger partial charge in [0.05, 0.1) is 21.7 Å². The third-order valence-electron chi connectivity index (χ3n) is 2.67. The molecule has 0 saturated carbocycles. The van der Waals surface area contributed by atoms with Gasteiger partial charge in [0, 0.05) is 24.7 Å². The summed E-state index contributed by atoms with van der Waals surface area (Å²) in [5, 5.41) is 17.3. The van der Waals surface area contributed by atoms with Gasteiger partial charge in [0.15, 0.2) is 0 Å². The van der Waals surface area contributed by atoms with E-state index >= 15 is 0 Å². The lowest BCUT2D eigenvalue weighted by Gasteiger charge is -2.08. The fraction of sp³-hybridized carbons (Fsp3) is 0.167. The minimum Gasteiger partial charge on any atom is -0.307 e. The summed E-state index contributed by atoms with van der Waals surface area (Å²) in [6.45, 7) is 2.50. The number of halogens is 1. The van der Waals surface area contributed by atoms with Crippen molar-refractivity contribution in [2.75, 3.05) is 5.32 Å². The number of nitrogens with one attached hydrogen (secondary N) is 1. The van der Waals surface area contributed by atoms with Gasteiger partial charge in [-0.2, -0.15) is 5.10 Å². The second-order valence-electron chi connectivity index (χ2n) is 3.91. The Labute approximate surface area is 119 Å². The maximum Gasteiger partial charge on any atom is 0.270 e. The first kappa shape index (κ1) is 14.0. The summed E-state index contributed by atoms with van der Waals surface area (Å²) >= 11 is 5.89. The van der Waals surface area contributed by atoms with E-state index in [-0.39, 0.29) is 16.3 Å². The number of nitro groups is 1. The Balaban J connectivity index is 2.24. The van der Waals surface area contributed by atoms with Gasteiger partial charge in [-0.05, 0) is 13.0 Å². The zero-order chi connectivity index (χ0) is 14.7. The summed E-state index contributed by atoms with van der Waals surface area (Å²) in [5.41, 5.74) is 0.00581. The molecule has 1 heterocycles. The number of anilines is 1. The molecule has 1 amide bonds. The molecule has 0 fully saturated rings. The van der Waals surface area contributed by atoms with E-state index in [9.17, 15) is 14.9 Å². The predicted octanol–water partition coefficient (Wildman–Crippen LogP) is 2.72. The molecule has 0 aliphatic carbocycles. The Hall–Kier alpha value is -2.41. The molecule has 20 heavy (non-hydrogen) atoms. The molecule has 8 heteroatoms. The monoisotopic (exact) mass is 294 g/mol. The number of nitrogens with zero attached hydrogens (tertiary/aromatic N) is 3. The molecular formula is C12H11ClN4O3. The molecule has 2 aromatic rings. The number of hydrogen-bond acceptors (Lipinski definition) is 4. The molecule has 1 N–H and O–H groups in total. The highest BCUT2D eigenvalue weighted by Gasteiger charge is 2.16. The van der Waals surface area contributed by atoms with Crippen molar-refractivity contribution in [1.82, 2.24) is 9.78 Å². The molecule has 0 atom stereocenters. The molecule has 0 aliphatic heterocycles. The van der Waals surface area contributed by atoms with Crippen LogP contribution in [-0.2, 0) is 6.54 Å². The maximum absolute atomic E-state index is 12.1. The number of aryl methyl sites for hydroxylation is 1. The number of aromatic nitrogens is 2. The number of rotatable bonds is 4. The number of nitro benzene ring substituents is 1. The molecule has 104 valence electrons. The zero-order valence-corrected chi connectivity index (χ0v) is 11.3. The van der Waals surface area contributed by atoms with Gasteiger partial charge in [-0.25, -0.2) is 4.68 Å². The minimum absolute atomic E-state index is 0.0271. The van der Waals surface area contributed by atoms with Crippen molar-refractivity contribution in [3.05, 3.63) is 51.2 Å². The van der Waals surface area contributed by atoms with E-state index in [1.54, 1.807) is 16.9 Å². The molecule has 2 rings (SSSR count). The van der Waals surface area contributed by atoms with Crippen molar-refractivity contribution in [2.24, 2.45) is 0 Å². The number of amides is 1. The largest absolute Gasteiger partial charge is 0.307 e. The molecule has 0 unspecified atom stereocenters. The van der Waals surface area contributed by atoms with Crippen LogP contribution in [0.2, 0.25) is 5.02 Å². The van der Waals surface area contributed by atoms with Crippen LogP contribution in [0.25, 0.3) is 0 Å². The number of carbonyl (C=O) groups excluding carboxylic acids is 1. The van der Waals surface area contributed by atoms with Crippen LogP contribution in [-0.4, -0.2) is 20.6 Å². The minimum atomic E-state index is -0.570. The normalized spacial score (nSPS) is 10.3. The van der Waals surface area contributed by atoms with E-state index in [1.165, 1.54) is 12.1 Å². The lowest BCUT2D eigenvalue weighted by atomic mass is 10.2. The molecule has 0 spiro atoms. The number of non-ortho nitro benzene ring substituents is 1. The molecule has 0 aliphatic rings. The topological polar surface area (TPSA) is 90.1 Å². The summed E-state index contributed by atoms with van der Waals surface area (Å²) in [4.78, 5) is 22.1. The van der Waals surface area contributed by atoms with Gasteiger partial charge in [0.1, 0.15) is 5.82 Å². The smallest absolute Gasteiger partial charge is 0.270 e. The molecule has 0 bridgehead atoms. The lowest BCUT2D eigenvalue weighted by Crippen LogP contribution is -2.16. The highest BCUT2D eigenvalue weighted by molar-refractivity contribution is 6.34. The summed E-state index contributed by atoms with van der Waals surface area (Å²) in [6.07, 6.45) is 1.57. The van der Waals surface area contributed by atoms with Crippen LogP contribution in [0.4, 0.5) is 11.5 Å². The van der Waals surface area contributed by atoms with E-state index in [0.29, 0.717) is 12.4 Å². The van der Waals surface area contributed by atoms with Crippen molar-refractivity contribution in [2.45, 2.75) is 13.5 Å². The molecule has 1 aromatic carbocycles. The molecule has 7 nitrogen and oxygen atoms in total. The predicted molar refractivity (Wildman–Crippen MR) is 74.0 cm³/mol. The van der Waals surface area contributed by atoms with Gasteiger partial charge in [-0.1, -0.05) is 11.6 Å². The average Bonchev–Trinajstić information content (AvgIpc) is 2.85. The fourth-order valence-corrected chi connectivity index (χ4v) is 1.94. The van der Waals surface area contributed by atoms with Crippen molar-refractivity contribution in [3.8, 4) is 0 Å². The zero-order valence-electron chi connectivity index (χ0n) is 10.5. The first-order chi connectivity index (χ1) is 9.52. The average molecular weight is 295 g/mol. The number of carbonyl (C=O) groups is 1. The molecule has 0 saturated heterocycles. The molecule has 0 radical (unpaired) electrons. The highest BCUT2D eigenvalue weighted by atomic mass is 35.5. The van der Waals surface area contributed by atoms with Crippen LogP contribution >= 0.6 is 11.6 Å². The van der Waals surface area contributed by atoms with Gasteiger partial charge >= 0.3 is 0 Å². The van der Waals surface area contributed by atoms with E-state index in [2.05, 4.69) is 10.4 Å². The van der Waals surface area contributed by atoms with Crippen molar-refractivity contribution >= 4 is 29.0 Å². The van der Waals surface area contributed by atoms with Gasteiger partial charge in [-0.3, -0.25) is 14.9 Å². The van der Waals surface area contributed by atoms with E-state index in [0.717, 1.165) is 6.07 Å². The number of benzene rings is 1. The third kappa shape index (κ3) is 2.77. The third-order valence-corrected chi connectivity index (χ3v) is 2.98. The first-order valence-corrected chi connectivity index (χ1v) is 6.18. The van der Waals surface area contributed by atoms with Crippen molar-refractivity contribution in [3.63, 3.8) is 0 Å². The van der Waals surface area contributed by atoms with Crippen LogP contribution < -0.4 is 5.32 Å². The summed E-state index contributed by atoms with van der Waals surface area (Å²) in [5.74, 6) is 0.0898. The maximum atomic E-state index is 12.1. The van der Waals surface area contributed by atoms with Crippen LogP contribution in [0.15, 0.2) is 30.5 Å². The Morgan fingerprint density at radius 2 is 2.25 bits per heavy atom. The molecular weight excluding hydrogens is 284 g/mol. The second kappa shape index (κ2) is 5.70. The van der Waals surface area contributed by atoms with E-state index in [4.69, 9.17) is 11.6 Å². The standard InChI is InChI=1S/C12H11ClN4O3/c1-2-16-11(5-6-14-16)15-12(18)9-4-3-8(17(19)20)7-10(9)13/h3-7H,2H2,1H3,(H,15,18). The summed E-state index contributed by atoms with van der Waals surface area (Å²) in [6, 6.07) is 5.36. The van der Waals surface area contributed by atoms with Crippen molar-refractivity contribution in [1.29, 1.82) is 0 Å². The van der Waals surface area contributed by atoms with E-state index < -0.39 is 10.8 Å². The molecule has 1 aromatic heterocycles. The van der Waals surface area contributed by atoms with Gasteiger partial charge in [-0.15, -0.1) is 0 Å². The van der Waals surface area contributed by atoms with Crippen LogP contribution in [0.5, 0.6) is 0 Å². The van der Waals surface area contributed by atoms with Crippen LogP contribution in [0.3, 0.4) is 0 Å². The Bertz CT molecular complexity index is 668. The van der Waals surface area contributed by atoms with Crippen LogP contribution in [0, 0.1) is 10.1 Å². The summed E-state index contributed by atoms with van der Waals surface area (Å²) < 4.78 is 1.61. The Morgan fingerprint density at radius 3 is 2.85 bits per heavy atom. The SMILES string of the molecule is CCn1nccc1NC(=O)c1ccc([N+](=O)[O-])cc1Cl. The van der Waals surface area contributed by atoms with Crippen LogP contribution in [0.1, 0.15) is 17.3 Å². The second-order valence-corrected chi connectivity index (χ2v) is 4.31. The van der Waals surface area contributed by atoms with Gasteiger partial charge < -0.3 is 5.32 Å². The van der Waals surface area contributed by atoms with Gasteiger partial charge in [0.2, 0.25) is 0 Å². The number of hydrogen-bond donors (Lipinski definition) is 1. The van der Waals surface area contributed by atoms with Crippen molar-refractivity contribution < 1.29 is 9.72 Å². The first-order valence-electron chi connectivity index (χ1n) is 5.80. The quantitative estimate of drug-likeness (QED) is 0.693. The Kier molecular flexibility index (Phi) is 3.99. The Morgan fingerprint density at radius 1 is 1.50 bits per heavy atom. The lowest BCUT2D eigenvalue weighted by molar-refractivity contribution is -0.384. The highest BCUT2D eigenvalue weighted by Crippen LogP contribution is 2.23. The van der Waals surface area contributed by atoms with E-state index in [1.807, 2.05) is 6.92 Å².